The lowest BCUT2D eigenvalue weighted by Gasteiger charge is -2.25. The van der Waals surface area contributed by atoms with Gasteiger partial charge in [-0.3, -0.25) is 14.5 Å². The average molecular weight is 476 g/mol. The van der Waals surface area contributed by atoms with Crippen LogP contribution in [0.3, 0.4) is 0 Å². The number of amides is 1. The molecule has 154 valence electrons. The summed E-state index contributed by atoms with van der Waals surface area (Å²) in [5, 5.41) is 0.470. The molecule has 0 radical (unpaired) electrons. The highest BCUT2D eigenvalue weighted by Gasteiger charge is 2.43. The largest absolute Gasteiger partial charge is 0.497 e. The first kappa shape index (κ1) is 19.6. The van der Waals surface area contributed by atoms with Crippen LogP contribution in [0.15, 0.2) is 80.4 Å². The fraction of sp³-hybridized carbons (Fsp3) is 0.120. The number of anilines is 1. The van der Waals surface area contributed by atoms with Crippen molar-refractivity contribution < 1.29 is 13.9 Å². The van der Waals surface area contributed by atoms with Crippen molar-refractivity contribution in [3.05, 3.63) is 104 Å². The molecule has 1 atom stereocenters. The van der Waals surface area contributed by atoms with Gasteiger partial charge in [0.1, 0.15) is 11.3 Å². The van der Waals surface area contributed by atoms with Gasteiger partial charge in [-0.25, -0.2) is 0 Å². The molecular formula is C25H18BrNO4. The highest BCUT2D eigenvalue weighted by atomic mass is 79.9. The lowest BCUT2D eigenvalue weighted by Crippen LogP contribution is -2.29. The van der Waals surface area contributed by atoms with Crippen molar-refractivity contribution in [1.82, 2.24) is 0 Å². The van der Waals surface area contributed by atoms with Crippen molar-refractivity contribution in [1.29, 1.82) is 0 Å². The summed E-state index contributed by atoms with van der Waals surface area (Å²) in [7, 11) is 1.59. The van der Waals surface area contributed by atoms with Crippen molar-refractivity contribution in [2.24, 2.45) is 0 Å². The maximum Gasteiger partial charge on any atom is 0.295 e. The minimum absolute atomic E-state index is 0.0806. The smallest absolute Gasteiger partial charge is 0.295 e. The molecule has 0 fully saturated rings. The molecular weight excluding hydrogens is 458 g/mol. The Morgan fingerprint density at radius 1 is 1.00 bits per heavy atom. The minimum Gasteiger partial charge on any atom is -0.497 e. The van der Waals surface area contributed by atoms with Gasteiger partial charge in [0, 0.05) is 10.2 Å². The summed E-state index contributed by atoms with van der Waals surface area (Å²) in [6, 6.07) is 19.6. The first-order valence-corrected chi connectivity index (χ1v) is 10.6. The fourth-order valence-corrected chi connectivity index (χ4v) is 4.35. The summed E-state index contributed by atoms with van der Waals surface area (Å²) in [5.41, 5.74) is 2.96. The van der Waals surface area contributed by atoms with Gasteiger partial charge in [0.2, 0.25) is 5.76 Å². The molecule has 0 N–H and O–H groups in total. The van der Waals surface area contributed by atoms with E-state index >= 15 is 0 Å². The molecule has 3 aromatic carbocycles. The number of methoxy groups -OCH3 is 1. The lowest BCUT2D eigenvalue weighted by atomic mass is 9.97. The Morgan fingerprint density at radius 3 is 2.52 bits per heavy atom. The van der Waals surface area contributed by atoms with Crippen LogP contribution in [0.5, 0.6) is 5.75 Å². The summed E-state index contributed by atoms with van der Waals surface area (Å²) >= 11 is 3.44. The van der Waals surface area contributed by atoms with Crippen molar-refractivity contribution in [3.8, 4) is 5.75 Å². The zero-order valence-electron chi connectivity index (χ0n) is 16.9. The lowest BCUT2D eigenvalue weighted by molar-refractivity contribution is 0.0971. The second-order valence-corrected chi connectivity index (χ2v) is 8.42. The monoisotopic (exact) mass is 475 g/mol. The van der Waals surface area contributed by atoms with Crippen LogP contribution >= 0.6 is 15.9 Å². The zero-order chi connectivity index (χ0) is 21.7. The molecule has 6 heteroatoms. The van der Waals surface area contributed by atoms with E-state index in [9.17, 15) is 9.59 Å². The summed E-state index contributed by atoms with van der Waals surface area (Å²) in [4.78, 5) is 28.8. The Bertz CT molecular complexity index is 1390. The Morgan fingerprint density at radius 2 is 1.77 bits per heavy atom. The van der Waals surface area contributed by atoms with Gasteiger partial charge in [-0.2, -0.15) is 0 Å². The van der Waals surface area contributed by atoms with Crippen molar-refractivity contribution in [3.63, 3.8) is 0 Å². The van der Waals surface area contributed by atoms with Crippen LogP contribution in [0.4, 0.5) is 5.69 Å². The molecule has 1 aliphatic rings. The van der Waals surface area contributed by atoms with E-state index in [1.807, 2.05) is 61.5 Å². The predicted molar refractivity (Wildman–Crippen MR) is 123 cm³/mol. The van der Waals surface area contributed by atoms with E-state index in [4.69, 9.17) is 9.15 Å². The third-order valence-corrected chi connectivity index (χ3v) is 6.07. The molecule has 1 aliphatic heterocycles. The minimum atomic E-state index is -0.625. The molecule has 0 aliphatic carbocycles. The molecule has 1 unspecified atom stereocenters. The number of aryl methyl sites for hydroxylation is 1. The molecule has 31 heavy (non-hydrogen) atoms. The van der Waals surface area contributed by atoms with Crippen molar-refractivity contribution in [2.75, 3.05) is 12.0 Å². The van der Waals surface area contributed by atoms with Crippen LogP contribution in [0.2, 0.25) is 0 Å². The predicted octanol–water partition coefficient (Wildman–Crippen LogP) is 5.62. The molecule has 0 saturated heterocycles. The van der Waals surface area contributed by atoms with Gasteiger partial charge < -0.3 is 9.15 Å². The summed E-state index contributed by atoms with van der Waals surface area (Å²) in [5.74, 6) is 0.386. The van der Waals surface area contributed by atoms with Gasteiger partial charge in [0.05, 0.1) is 24.1 Å². The number of rotatable bonds is 3. The molecule has 0 spiro atoms. The SMILES string of the molecule is COc1cccc(C2c3c(oc4ccc(C)cc4c3=O)C(=O)N2c2ccc(Br)cc2)c1. The molecule has 4 aromatic rings. The van der Waals surface area contributed by atoms with E-state index in [1.54, 1.807) is 24.1 Å². The number of carbonyl (C=O) groups excluding carboxylic acids is 1. The van der Waals surface area contributed by atoms with Crippen molar-refractivity contribution in [2.45, 2.75) is 13.0 Å². The molecule has 0 saturated carbocycles. The van der Waals surface area contributed by atoms with E-state index in [0.29, 0.717) is 28.0 Å². The van der Waals surface area contributed by atoms with Crippen LogP contribution in [0.1, 0.15) is 33.3 Å². The maximum atomic E-state index is 13.6. The Labute approximate surface area is 187 Å². The van der Waals surface area contributed by atoms with Gasteiger partial charge in [-0.1, -0.05) is 39.7 Å². The summed E-state index contributed by atoms with van der Waals surface area (Å²) < 4.78 is 12.3. The molecule has 1 amide bonds. The van der Waals surface area contributed by atoms with Gasteiger partial charge in [-0.15, -0.1) is 0 Å². The van der Waals surface area contributed by atoms with Gasteiger partial charge in [0.15, 0.2) is 5.43 Å². The van der Waals surface area contributed by atoms with Crippen LogP contribution in [-0.2, 0) is 0 Å². The second-order valence-electron chi connectivity index (χ2n) is 7.50. The first-order chi connectivity index (χ1) is 15.0. The number of nitrogens with zero attached hydrogens (tertiary/aromatic N) is 1. The number of carbonyl (C=O) groups is 1. The number of ether oxygens (including phenoxy) is 1. The van der Waals surface area contributed by atoms with E-state index in [1.165, 1.54) is 0 Å². The van der Waals surface area contributed by atoms with E-state index in [-0.39, 0.29) is 17.1 Å². The van der Waals surface area contributed by atoms with Gasteiger partial charge in [0.25, 0.3) is 5.91 Å². The van der Waals surface area contributed by atoms with E-state index in [2.05, 4.69) is 15.9 Å². The quantitative estimate of drug-likeness (QED) is 0.385. The van der Waals surface area contributed by atoms with Gasteiger partial charge in [-0.05, 0) is 61.0 Å². The normalized spacial score (nSPS) is 15.4. The van der Waals surface area contributed by atoms with Crippen LogP contribution < -0.4 is 15.1 Å². The maximum absolute atomic E-state index is 13.6. The third-order valence-electron chi connectivity index (χ3n) is 5.54. The Hall–Kier alpha value is -3.38. The fourth-order valence-electron chi connectivity index (χ4n) is 4.08. The molecule has 5 nitrogen and oxygen atoms in total. The highest BCUT2D eigenvalue weighted by molar-refractivity contribution is 9.10. The summed E-state index contributed by atoms with van der Waals surface area (Å²) in [6.07, 6.45) is 0. The number of halogens is 1. The first-order valence-electron chi connectivity index (χ1n) is 9.78. The van der Waals surface area contributed by atoms with Crippen LogP contribution in [0, 0.1) is 6.92 Å². The average Bonchev–Trinajstić information content (AvgIpc) is 3.07. The Kier molecular flexibility index (Phi) is 4.67. The zero-order valence-corrected chi connectivity index (χ0v) is 18.5. The van der Waals surface area contributed by atoms with Crippen LogP contribution in [0.25, 0.3) is 11.0 Å². The Balaban J connectivity index is 1.82. The number of benzene rings is 3. The third kappa shape index (κ3) is 3.15. The van der Waals surface area contributed by atoms with E-state index < -0.39 is 6.04 Å². The van der Waals surface area contributed by atoms with Crippen LogP contribution in [-0.4, -0.2) is 13.0 Å². The number of hydrogen-bond donors (Lipinski definition) is 0. The molecule has 0 bridgehead atoms. The highest BCUT2D eigenvalue weighted by Crippen LogP contribution is 2.42. The van der Waals surface area contributed by atoms with E-state index in [0.717, 1.165) is 15.6 Å². The number of fused-ring (bicyclic) bond motifs is 2. The van der Waals surface area contributed by atoms with Crippen molar-refractivity contribution >= 4 is 38.5 Å². The second kappa shape index (κ2) is 7.39. The molecule has 1 aromatic heterocycles. The topological polar surface area (TPSA) is 59.8 Å². The summed E-state index contributed by atoms with van der Waals surface area (Å²) in [6.45, 7) is 1.92. The number of hydrogen-bond acceptors (Lipinski definition) is 4. The standard InChI is InChI=1S/C25H18BrNO4/c1-14-6-11-20-19(12-14)23(28)21-22(15-4-3-5-18(13-15)30-2)27(25(29)24(21)31-20)17-9-7-16(26)8-10-17/h3-13,22H,1-2H3. The molecule has 5 rings (SSSR count). The molecule has 2 heterocycles. The van der Waals surface area contributed by atoms with Gasteiger partial charge >= 0.3 is 0 Å².